The number of hydrazine groups is 2. The van der Waals surface area contributed by atoms with Crippen LogP contribution in [-0.4, -0.2) is 66.7 Å². The topological polar surface area (TPSA) is 84.5 Å². The highest BCUT2D eigenvalue weighted by Crippen LogP contribution is 2.35. The molecule has 0 spiro atoms. The van der Waals surface area contributed by atoms with Gasteiger partial charge in [0.05, 0.1) is 13.2 Å². The van der Waals surface area contributed by atoms with Crippen LogP contribution in [0.1, 0.15) is 13.8 Å². The van der Waals surface area contributed by atoms with Crippen molar-refractivity contribution in [1.82, 2.24) is 16.0 Å². The van der Waals surface area contributed by atoms with Gasteiger partial charge in [0.15, 0.2) is 5.79 Å². The summed E-state index contributed by atoms with van der Waals surface area (Å²) in [5.74, 6) is -0.683. The lowest BCUT2D eigenvalue weighted by atomic mass is 9.91. The molecule has 3 N–H and O–H groups in total. The number of fused-ring (bicyclic) bond motifs is 1. The Kier molecular flexibility index (Phi) is 4.84. The fourth-order valence-electron chi connectivity index (χ4n) is 3.15. The molecule has 0 bridgehead atoms. The lowest BCUT2D eigenvalue weighted by Crippen LogP contribution is -2.70. The zero-order valence-corrected chi connectivity index (χ0v) is 14.9. The Hall–Kier alpha value is -0.170. The van der Waals surface area contributed by atoms with Gasteiger partial charge in [0.1, 0.15) is 34.2 Å². The van der Waals surface area contributed by atoms with Crippen LogP contribution >= 0.6 is 22.6 Å². The van der Waals surface area contributed by atoms with Crippen LogP contribution in [0.25, 0.3) is 0 Å². The van der Waals surface area contributed by atoms with Gasteiger partial charge in [-0.15, -0.1) is 5.53 Å². The van der Waals surface area contributed by atoms with Gasteiger partial charge in [0.25, 0.3) is 0 Å². The van der Waals surface area contributed by atoms with Crippen LogP contribution in [0.2, 0.25) is 0 Å². The molecule has 0 aromatic rings. The molecule has 0 unspecified atom stereocenters. The second kappa shape index (κ2) is 6.38. The van der Waals surface area contributed by atoms with E-state index >= 15 is 0 Å². The Morgan fingerprint density at radius 2 is 2.32 bits per heavy atom. The van der Waals surface area contributed by atoms with Gasteiger partial charge in [-0.3, -0.25) is 10.4 Å². The summed E-state index contributed by atoms with van der Waals surface area (Å²) in [7, 11) is 1.62. The third kappa shape index (κ3) is 3.07. The normalized spacial score (nSPS) is 40.9. The summed E-state index contributed by atoms with van der Waals surface area (Å²) in [5.41, 5.74) is 6.13. The number of nitrogens with zero attached hydrogens (tertiary/aromatic N) is 1. The first-order valence-corrected chi connectivity index (χ1v) is 8.31. The Labute approximate surface area is 143 Å². The monoisotopic (exact) mass is 427 g/mol. The predicted octanol–water partition coefficient (Wildman–Crippen LogP) is -0.160. The SMILES string of the molecule is CO[C@@H]1[C@@H](N2C=C(I)NN2)[C@H]2OC(C)(C)OC[C@H]2O[C@@H]1CO. The number of hydrogen-bond acceptors (Lipinski definition) is 8. The molecule has 22 heavy (non-hydrogen) atoms. The van der Waals surface area contributed by atoms with Crippen molar-refractivity contribution >= 4 is 22.6 Å². The molecule has 3 rings (SSSR count). The molecule has 9 heteroatoms. The largest absolute Gasteiger partial charge is 0.394 e. The van der Waals surface area contributed by atoms with Gasteiger partial charge in [-0.05, 0) is 36.4 Å². The van der Waals surface area contributed by atoms with Crippen molar-refractivity contribution in [2.75, 3.05) is 20.3 Å². The second-order valence-electron chi connectivity index (χ2n) is 6.00. The summed E-state index contributed by atoms with van der Waals surface area (Å²) in [4.78, 5) is 0. The molecule has 5 atom stereocenters. The highest BCUT2D eigenvalue weighted by molar-refractivity contribution is 14.1. The van der Waals surface area contributed by atoms with E-state index in [0.29, 0.717) is 6.61 Å². The number of aliphatic hydroxyl groups excluding tert-OH is 1. The van der Waals surface area contributed by atoms with Gasteiger partial charge in [-0.25, -0.2) is 0 Å². The van der Waals surface area contributed by atoms with Crippen LogP contribution in [0.4, 0.5) is 0 Å². The summed E-state index contributed by atoms with van der Waals surface area (Å²) in [5, 5.41) is 11.6. The number of nitrogens with one attached hydrogen (secondary N) is 2. The van der Waals surface area contributed by atoms with Crippen molar-refractivity contribution in [3.63, 3.8) is 0 Å². The molecule has 0 radical (unpaired) electrons. The van der Waals surface area contributed by atoms with Gasteiger partial charge in [0.2, 0.25) is 0 Å². The van der Waals surface area contributed by atoms with Crippen LogP contribution in [0.3, 0.4) is 0 Å². The maximum Gasteiger partial charge on any atom is 0.163 e. The van der Waals surface area contributed by atoms with E-state index in [2.05, 4.69) is 33.6 Å². The quantitative estimate of drug-likeness (QED) is 0.424. The first-order valence-electron chi connectivity index (χ1n) is 7.23. The molecule has 0 aliphatic carbocycles. The molecule has 2 saturated heterocycles. The molecule has 126 valence electrons. The molecule has 3 aliphatic heterocycles. The van der Waals surface area contributed by atoms with E-state index in [9.17, 15) is 5.11 Å². The lowest BCUT2D eigenvalue weighted by Gasteiger charge is -2.52. The lowest BCUT2D eigenvalue weighted by molar-refractivity contribution is -0.353. The molecule has 2 fully saturated rings. The van der Waals surface area contributed by atoms with Gasteiger partial charge >= 0.3 is 0 Å². The predicted molar refractivity (Wildman–Crippen MR) is 85.4 cm³/mol. The Morgan fingerprint density at radius 1 is 1.55 bits per heavy atom. The van der Waals surface area contributed by atoms with Crippen molar-refractivity contribution < 1.29 is 24.1 Å². The van der Waals surface area contributed by atoms with Gasteiger partial charge in [0, 0.05) is 13.3 Å². The van der Waals surface area contributed by atoms with E-state index in [-0.39, 0.29) is 31.0 Å². The maximum absolute atomic E-state index is 9.64. The summed E-state index contributed by atoms with van der Waals surface area (Å²) >= 11 is 2.19. The fraction of sp³-hybridized carbons (Fsp3) is 0.846. The number of ether oxygens (including phenoxy) is 4. The number of methoxy groups -OCH3 is 1. The van der Waals surface area contributed by atoms with Crippen LogP contribution in [-0.2, 0) is 18.9 Å². The van der Waals surface area contributed by atoms with Crippen molar-refractivity contribution in [3.8, 4) is 0 Å². The summed E-state index contributed by atoms with van der Waals surface area (Å²) in [6.07, 6.45) is 0.672. The fourth-order valence-corrected chi connectivity index (χ4v) is 3.57. The minimum atomic E-state index is -0.683. The summed E-state index contributed by atoms with van der Waals surface area (Å²) in [6.45, 7) is 4.07. The molecule has 3 heterocycles. The first-order chi connectivity index (χ1) is 10.4. The van der Waals surface area contributed by atoms with Crippen molar-refractivity contribution in [1.29, 1.82) is 0 Å². The van der Waals surface area contributed by atoms with Crippen LogP contribution in [0, 0.1) is 0 Å². The summed E-state index contributed by atoms with van der Waals surface area (Å²) in [6, 6.07) is -0.163. The molecule has 0 amide bonds. The van der Waals surface area contributed by atoms with Crippen molar-refractivity contribution in [2.24, 2.45) is 0 Å². The average molecular weight is 427 g/mol. The van der Waals surface area contributed by atoms with Gasteiger partial charge in [-0.2, -0.15) is 0 Å². The zero-order valence-electron chi connectivity index (χ0n) is 12.8. The van der Waals surface area contributed by atoms with E-state index in [1.807, 2.05) is 25.1 Å². The van der Waals surface area contributed by atoms with E-state index in [1.165, 1.54) is 0 Å². The molecule has 8 nitrogen and oxygen atoms in total. The minimum Gasteiger partial charge on any atom is -0.394 e. The number of hydrogen-bond donors (Lipinski definition) is 3. The Balaban J connectivity index is 1.90. The molecule has 3 aliphatic rings. The van der Waals surface area contributed by atoms with Gasteiger partial charge < -0.3 is 24.1 Å². The highest BCUT2D eigenvalue weighted by Gasteiger charge is 2.53. The zero-order chi connectivity index (χ0) is 15.9. The first kappa shape index (κ1) is 16.7. The van der Waals surface area contributed by atoms with Gasteiger partial charge in [-0.1, -0.05) is 0 Å². The number of rotatable bonds is 3. The molecule has 0 saturated carbocycles. The second-order valence-corrected chi connectivity index (χ2v) is 7.16. The molecule has 0 aromatic heterocycles. The average Bonchev–Trinajstić information content (AvgIpc) is 2.90. The van der Waals surface area contributed by atoms with Crippen molar-refractivity contribution in [2.45, 2.75) is 50.1 Å². The maximum atomic E-state index is 9.64. The third-order valence-corrected chi connectivity index (χ3v) is 4.65. The van der Waals surface area contributed by atoms with E-state index in [0.717, 1.165) is 3.70 Å². The van der Waals surface area contributed by atoms with Crippen LogP contribution in [0.5, 0.6) is 0 Å². The molecular weight excluding hydrogens is 405 g/mol. The highest BCUT2D eigenvalue weighted by atomic mass is 127. The molecule has 0 aromatic carbocycles. The summed E-state index contributed by atoms with van der Waals surface area (Å²) < 4.78 is 24.3. The number of aliphatic hydroxyl groups is 1. The van der Waals surface area contributed by atoms with Crippen LogP contribution < -0.4 is 11.0 Å². The standard InChI is InChI=1S/C13H22IN3O5/c1-13(2)20-6-8-12(22-13)10(17-4-9(14)15-16-17)11(19-3)7(5-18)21-8/h4,7-8,10-12,15-16,18H,5-6H2,1-3H3/t7-,8-,10-,11+,12+/m1/s1. The number of halogens is 1. The van der Waals surface area contributed by atoms with E-state index in [1.54, 1.807) is 7.11 Å². The van der Waals surface area contributed by atoms with Crippen molar-refractivity contribution in [3.05, 3.63) is 9.90 Å². The van der Waals surface area contributed by atoms with E-state index < -0.39 is 11.9 Å². The Morgan fingerprint density at radius 3 is 2.91 bits per heavy atom. The third-order valence-electron chi connectivity index (χ3n) is 4.10. The van der Waals surface area contributed by atoms with Crippen LogP contribution in [0.15, 0.2) is 9.90 Å². The smallest absolute Gasteiger partial charge is 0.163 e. The van der Waals surface area contributed by atoms with E-state index in [4.69, 9.17) is 18.9 Å². The molecular formula is C13H22IN3O5. The minimum absolute atomic E-state index is 0.121. The Bertz CT molecular complexity index is 449.